The molecular formula is C12H21N3S. The maximum absolute atomic E-state index is 6.28. The SMILES string of the molecule is CCc1nnsc1C(N)CC1CCCCC1. The van der Waals surface area contributed by atoms with Gasteiger partial charge >= 0.3 is 0 Å². The molecule has 4 heteroatoms. The van der Waals surface area contributed by atoms with Crippen molar-refractivity contribution in [1.29, 1.82) is 0 Å². The second-order valence-corrected chi connectivity index (χ2v) is 5.57. The largest absolute Gasteiger partial charge is 0.323 e. The first-order valence-corrected chi connectivity index (χ1v) is 7.15. The summed E-state index contributed by atoms with van der Waals surface area (Å²) < 4.78 is 4.02. The number of hydrogen-bond donors (Lipinski definition) is 1. The summed E-state index contributed by atoms with van der Waals surface area (Å²) in [5.74, 6) is 0.829. The lowest BCUT2D eigenvalue weighted by molar-refractivity contribution is 0.320. The summed E-state index contributed by atoms with van der Waals surface area (Å²) >= 11 is 1.48. The second kappa shape index (κ2) is 5.73. The summed E-state index contributed by atoms with van der Waals surface area (Å²) in [4.78, 5) is 1.22. The van der Waals surface area contributed by atoms with Gasteiger partial charge in [0.1, 0.15) is 0 Å². The monoisotopic (exact) mass is 239 g/mol. The molecule has 16 heavy (non-hydrogen) atoms. The molecule has 1 aromatic heterocycles. The highest BCUT2D eigenvalue weighted by atomic mass is 32.1. The van der Waals surface area contributed by atoms with Gasteiger partial charge in [-0.15, -0.1) is 5.10 Å². The highest BCUT2D eigenvalue weighted by Crippen LogP contribution is 2.32. The minimum atomic E-state index is 0.165. The third-order valence-corrected chi connectivity index (χ3v) is 4.47. The van der Waals surface area contributed by atoms with Crippen molar-refractivity contribution in [3.8, 4) is 0 Å². The molecule has 0 spiro atoms. The minimum Gasteiger partial charge on any atom is -0.323 e. The number of aromatic nitrogens is 2. The van der Waals surface area contributed by atoms with Crippen LogP contribution in [0.15, 0.2) is 0 Å². The zero-order valence-electron chi connectivity index (χ0n) is 9.98. The fourth-order valence-corrected chi connectivity index (χ4v) is 3.38. The molecule has 1 atom stereocenters. The zero-order valence-corrected chi connectivity index (χ0v) is 10.8. The molecule has 0 aromatic carbocycles. The molecule has 1 aliphatic carbocycles. The summed E-state index contributed by atoms with van der Waals surface area (Å²) in [6, 6.07) is 0.165. The van der Waals surface area contributed by atoms with Crippen LogP contribution in [0.3, 0.4) is 0 Å². The Morgan fingerprint density at radius 2 is 2.12 bits per heavy atom. The van der Waals surface area contributed by atoms with Gasteiger partial charge in [0.2, 0.25) is 0 Å². The standard InChI is InChI=1S/C12H21N3S/c1-2-11-12(16-15-14-11)10(13)8-9-6-4-3-5-7-9/h9-10H,2-8,13H2,1H3. The van der Waals surface area contributed by atoms with E-state index < -0.39 is 0 Å². The van der Waals surface area contributed by atoms with Crippen molar-refractivity contribution < 1.29 is 0 Å². The Hall–Kier alpha value is -0.480. The molecule has 1 heterocycles. The normalized spacial score (nSPS) is 19.9. The topological polar surface area (TPSA) is 51.8 Å². The average molecular weight is 239 g/mol. The Balaban J connectivity index is 1.93. The van der Waals surface area contributed by atoms with Gasteiger partial charge in [-0.2, -0.15) is 0 Å². The fourth-order valence-electron chi connectivity index (χ4n) is 2.63. The molecule has 1 unspecified atom stereocenters. The van der Waals surface area contributed by atoms with Crippen molar-refractivity contribution in [1.82, 2.24) is 9.59 Å². The number of hydrogen-bond acceptors (Lipinski definition) is 4. The maximum Gasteiger partial charge on any atom is 0.0800 e. The van der Waals surface area contributed by atoms with Crippen molar-refractivity contribution in [3.05, 3.63) is 10.6 Å². The van der Waals surface area contributed by atoms with E-state index in [-0.39, 0.29) is 6.04 Å². The van der Waals surface area contributed by atoms with Crippen LogP contribution in [-0.2, 0) is 6.42 Å². The molecule has 2 N–H and O–H groups in total. The first kappa shape index (κ1) is 12.0. The highest BCUT2D eigenvalue weighted by molar-refractivity contribution is 7.05. The van der Waals surface area contributed by atoms with E-state index in [1.54, 1.807) is 0 Å². The van der Waals surface area contributed by atoms with Crippen LogP contribution in [-0.4, -0.2) is 9.59 Å². The van der Waals surface area contributed by atoms with Crippen molar-refractivity contribution in [2.75, 3.05) is 0 Å². The van der Waals surface area contributed by atoms with Crippen LogP contribution in [0.5, 0.6) is 0 Å². The molecule has 1 aliphatic rings. The van der Waals surface area contributed by atoms with E-state index in [0.717, 1.165) is 24.5 Å². The van der Waals surface area contributed by atoms with Crippen LogP contribution in [0.1, 0.15) is 62.1 Å². The molecule has 1 aromatic rings. The minimum absolute atomic E-state index is 0.165. The van der Waals surface area contributed by atoms with E-state index in [1.807, 2.05) is 0 Å². The summed E-state index contributed by atoms with van der Waals surface area (Å²) in [5.41, 5.74) is 7.38. The van der Waals surface area contributed by atoms with Crippen molar-refractivity contribution >= 4 is 11.5 Å². The Bertz CT molecular complexity index is 318. The third-order valence-electron chi connectivity index (χ3n) is 3.57. The van der Waals surface area contributed by atoms with Crippen LogP contribution >= 0.6 is 11.5 Å². The first-order chi connectivity index (χ1) is 7.81. The predicted octanol–water partition coefficient (Wildman–Crippen LogP) is 3.07. The summed E-state index contributed by atoms with van der Waals surface area (Å²) in [6.45, 7) is 2.12. The Labute approximate surface area is 102 Å². The van der Waals surface area contributed by atoms with E-state index in [4.69, 9.17) is 5.73 Å². The van der Waals surface area contributed by atoms with Crippen LogP contribution in [0, 0.1) is 5.92 Å². The van der Waals surface area contributed by atoms with Crippen LogP contribution in [0.2, 0.25) is 0 Å². The second-order valence-electron chi connectivity index (χ2n) is 4.78. The number of nitrogens with two attached hydrogens (primary N) is 1. The number of rotatable bonds is 4. The molecule has 0 amide bonds. The molecule has 1 saturated carbocycles. The Morgan fingerprint density at radius 1 is 1.38 bits per heavy atom. The Morgan fingerprint density at radius 3 is 2.81 bits per heavy atom. The first-order valence-electron chi connectivity index (χ1n) is 6.38. The van der Waals surface area contributed by atoms with Crippen molar-refractivity contribution in [2.45, 2.75) is 57.9 Å². The maximum atomic E-state index is 6.28. The van der Waals surface area contributed by atoms with E-state index in [0.29, 0.717) is 0 Å². The molecular weight excluding hydrogens is 218 g/mol. The lowest BCUT2D eigenvalue weighted by atomic mass is 9.84. The summed E-state index contributed by atoms with van der Waals surface area (Å²) in [5, 5.41) is 4.14. The molecule has 0 aliphatic heterocycles. The van der Waals surface area contributed by atoms with Crippen molar-refractivity contribution in [2.24, 2.45) is 11.7 Å². The lowest BCUT2D eigenvalue weighted by Gasteiger charge is -2.24. The van der Waals surface area contributed by atoms with Gasteiger partial charge in [-0.1, -0.05) is 43.5 Å². The van der Waals surface area contributed by atoms with Crippen LogP contribution in [0.25, 0.3) is 0 Å². The molecule has 1 fully saturated rings. The molecule has 90 valence electrons. The Kier molecular flexibility index (Phi) is 4.29. The van der Waals surface area contributed by atoms with E-state index in [2.05, 4.69) is 16.5 Å². The number of aryl methyl sites for hydroxylation is 1. The molecule has 2 rings (SSSR count). The van der Waals surface area contributed by atoms with Gasteiger partial charge in [-0.25, -0.2) is 0 Å². The van der Waals surface area contributed by atoms with Crippen LogP contribution < -0.4 is 5.73 Å². The summed E-state index contributed by atoms with van der Waals surface area (Å²) in [7, 11) is 0. The van der Waals surface area contributed by atoms with Gasteiger partial charge in [0, 0.05) is 6.04 Å². The molecule has 0 bridgehead atoms. The van der Waals surface area contributed by atoms with E-state index >= 15 is 0 Å². The van der Waals surface area contributed by atoms with E-state index in [9.17, 15) is 0 Å². The average Bonchev–Trinajstić information content (AvgIpc) is 2.78. The van der Waals surface area contributed by atoms with Gasteiger partial charge < -0.3 is 5.73 Å². The smallest absolute Gasteiger partial charge is 0.0800 e. The van der Waals surface area contributed by atoms with Crippen LogP contribution in [0.4, 0.5) is 0 Å². The van der Waals surface area contributed by atoms with Gasteiger partial charge in [0.05, 0.1) is 10.6 Å². The molecule has 0 saturated heterocycles. The van der Waals surface area contributed by atoms with Gasteiger partial charge in [0.15, 0.2) is 0 Å². The summed E-state index contributed by atoms with van der Waals surface area (Å²) in [6.07, 6.45) is 8.98. The fraction of sp³-hybridized carbons (Fsp3) is 0.833. The van der Waals surface area contributed by atoms with Gasteiger partial charge in [0.25, 0.3) is 0 Å². The van der Waals surface area contributed by atoms with Crippen molar-refractivity contribution in [3.63, 3.8) is 0 Å². The molecule has 3 nitrogen and oxygen atoms in total. The van der Waals surface area contributed by atoms with E-state index in [1.165, 1.54) is 48.5 Å². The highest BCUT2D eigenvalue weighted by Gasteiger charge is 2.20. The zero-order chi connectivity index (χ0) is 11.4. The molecule has 0 radical (unpaired) electrons. The predicted molar refractivity (Wildman–Crippen MR) is 67.4 cm³/mol. The third kappa shape index (κ3) is 2.80. The lowest BCUT2D eigenvalue weighted by Crippen LogP contribution is -2.17. The van der Waals surface area contributed by atoms with Gasteiger partial charge in [-0.05, 0) is 30.3 Å². The quantitative estimate of drug-likeness (QED) is 0.878. The van der Waals surface area contributed by atoms with Gasteiger partial charge in [-0.3, -0.25) is 0 Å². The number of nitrogens with zero attached hydrogens (tertiary/aromatic N) is 2.